The Morgan fingerprint density at radius 3 is 2.15 bits per heavy atom. The van der Waals surface area contributed by atoms with Crippen LogP contribution in [0.4, 0.5) is 0 Å². The van der Waals surface area contributed by atoms with Gasteiger partial charge in [0.25, 0.3) is 0 Å². The highest BCUT2D eigenvalue weighted by molar-refractivity contribution is 5.82. The van der Waals surface area contributed by atoms with E-state index in [4.69, 9.17) is 5.73 Å². The number of carbonyl (C=O) groups is 1. The lowest BCUT2D eigenvalue weighted by Gasteiger charge is -2.45. The number of nitrogens with zero attached hydrogens (tertiary/aromatic N) is 2. The van der Waals surface area contributed by atoms with Crippen LogP contribution in [0.1, 0.15) is 30.4 Å². The second-order valence-corrected chi connectivity index (χ2v) is 8.13. The number of piperidine rings is 1. The standard InChI is InChI=1S/C23H29N3O/c1-25-16-20(24)15-21(25)22(27)26-14-8-13-23(17-26,18-9-4-2-5-10-18)19-11-6-3-7-12-19/h2-7,9-12,20-21H,8,13-17,24H2,1H3/t20-,21-/m0/s1. The summed E-state index contributed by atoms with van der Waals surface area (Å²) in [4.78, 5) is 17.5. The molecule has 4 nitrogen and oxygen atoms in total. The highest BCUT2D eigenvalue weighted by Gasteiger charge is 2.43. The van der Waals surface area contributed by atoms with E-state index in [0.29, 0.717) is 0 Å². The summed E-state index contributed by atoms with van der Waals surface area (Å²) in [5.74, 6) is 0.237. The third-order valence-electron chi connectivity index (χ3n) is 6.32. The number of nitrogens with two attached hydrogens (primary N) is 1. The van der Waals surface area contributed by atoms with E-state index >= 15 is 0 Å². The Hall–Kier alpha value is -2.17. The zero-order chi connectivity index (χ0) is 18.9. The van der Waals surface area contributed by atoms with Crippen LogP contribution in [0.25, 0.3) is 0 Å². The van der Waals surface area contributed by atoms with Gasteiger partial charge in [-0.15, -0.1) is 0 Å². The smallest absolute Gasteiger partial charge is 0.240 e. The lowest BCUT2D eigenvalue weighted by molar-refractivity contribution is -0.137. The average molecular weight is 364 g/mol. The molecule has 2 aromatic carbocycles. The van der Waals surface area contributed by atoms with Crippen molar-refractivity contribution in [3.8, 4) is 0 Å². The van der Waals surface area contributed by atoms with Gasteiger partial charge in [-0.05, 0) is 37.4 Å². The molecule has 0 aliphatic carbocycles. The molecule has 2 fully saturated rings. The van der Waals surface area contributed by atoms with Crippen molar-refractivity contribution < 1.29 is 4.79 Å². The van der Waals surface area contributed by atoms with Gasteiger partial charge in [-0.25, -0.2) is 0 Å². The van der Waals surface area contributed by atoms with Crippen molar-refractivity contribution in [2.75, 3.05) is 26.7 Å². The number of amides is 1. The van der Waals surface area contributed by atoms with E-state index in [1.54, 1.807) is 0 Å². The highest BCUT2D eigenvalue weighted by Crippen LogP contribution is 2.40. The van der Waals surface area contributed by atoms with Crippen LogP contribution >= 0.6 is 0 Å². The monoisotopic (exact) mass is 363 g/mol. The molecule has 2 aliphatic heterocycles. The van der Waals surface area contributed by atoms with Gasteiger partial charge in [-0.3, -0.25) is 9.69 Å². The summed E-state index contributed by atoms with van der Waals surface area (Å²) >= 11 is 0. The van der Waals surface area contributed by atoms with Crippen molar-refractivity contribution in [2.24, 2.45) is 5.73 Å². The van der Waals surface area contributed by atoms with Gasteiger partial charge in [0.2, 0.25) is 5.91 Å². The predicted octanol–water partition coefficient (Wildman–Crippen LogP) is 2.63. The van der Waals surface area contributed by atoms with Gasteiger partial charge in [0.1, 0.15) is 0 Å². The van der Waals surface area contributed by atoms with Gasteiger partial charge < -0.3 is 10.6 Å². The van der Waals surface area contributed by atoms with Crippen molar-refractivity contribution in [3.63, 3.8) is 0 Å². The summed E-state index contributed by atoms with van der Waals surface area (Å²) in [6.45, 7) is 2.37. The first-order chi connectivity index (χ1) is 13.1. The SMILES string of the molecule is CN1C[C@@H](N)C[C@H]1C(=O)N1CCCC(c2ccccc2)(c2ccccc2)C1. The van der Waals surface area contributed by atoms with Gasteiger partial charge in [-0.1, -0.05) is 60.7 Å². The van der Waals surface area contributed by atoms with Crippen LogP contribution in [0, 0.1) is 0 Å². The third kappa shape index (κ3) is 3.40. The fraction of sp³-hybridized carbons (Fsp3) is 0.435. The Morgan fingerprint density at radius 2 is 1.63 bits per heavy atom. The fourth-order valence-corrected chi connectivity index (χ4v) is 4.93. The molecule has 142 valence electrons. The van der Waals surface area contributed by atoms with E-state index in [0.717, 1.165) is 38.9 Å². The molecule has 0 saturated carbocycles. The molecule has 27 heavy (non-hydrogen) atoms. The van der Waals surface area contributed by atoms with Gasteiger partial charge in [0.15, 0.2) is 0 Å². The van der Waals surface area contributed by atoms with Crippen molar-refractivity contribution in [2.45, 2.75) is 36.8 Å². The van der Waals surface area contributed by atoms with Gasteiger partial charge >= 0.3 is 0 Å². The summed E-state index contributed by atoms with van der Waals surface area (Å²) in [6.07, 6.45) is 2.83. The van der Waals surface area contributed by atoms with Crippen LogP contribution < -0.4 is 5.73 Å². The lowest BCUT2D eigenvalue weighted by atomic mass is 9.69. The number of carbonyl (C=O) groups excluding carboxylic acids is 1. The molecule has 0 bridgehead atoms. The van der Waals surface area contributed by atoms with Crippen molar-refractivity contribution >= 4 is 5.91 Å². The Bertz CT molecular complexity index is 737. The van der Waals surface area contributed by atoms with Gasteiger partial charge in [0.05, 0.1) is 6.04 Å². The zero-order valence-corrected chi connectivity index (χ0v) is 16.1. The molecule has 2 aliphatic rings. The molecule has 0 unspecified atom stereocenters. The number of hydrogen-bond donors (Lipinski definition) is 1. The van der Waals surface area contributed by atoms with E-state index in [1.807, 2.05) is 7.05 Å². The molecule has 0 radical (unpaired) electrons. The molecule has 2 aromatic rings. The maximum Gasteiger partial charge on any atom is 0.240 e. The van der Waals surface area contributed by atoms with Crippen LogP contribution in [0.5, 0.6) is 0 Å². The number of likely N-dealkylation sites (tertiary alicyclic amines) is 2. The molecule has 2 saturated heterocycles. The van der Waals surface area contributed by atoms with Crippen molar-refractivity contribution in [1.82, 2.24) is 9.80 Å². The summed E-state index contributed by atoms with van der Waals surface area (Å²) in [5.41, 5.74) is 8.56. The minimum Gasteiger partial charge on any atom is -0.340 e. The second kappa shape index (κ2) is 7.45. The van der Waals surface area contributed by atoms with Gasteiger partial charge in [-0.2, -0.15) is 0 Å². The Balaban J connectivity index is 1.68. The molecular formula is C23H29N3O. The fourth-order valence-electron chi connectivity index (χ4n) is 4.93. The van der Waals surface area contributed by atoms with E-state index in [-0.39, 0.29) is 23.4 Å². The highest BCUT2D eigenvalue weighted by atomic mass is 16.2. The van der Waals surface area contributed by atoms with Crippen LogP contribution in [-0.2, 0) is 10.2 Å². The maximum atomic E-state index is 13.3. The van der Waals surface area contributed by atoms with E-state index < -0.39 is 0 Å². The predicted molar refractivity (Wildman–Crippen MR) is 108 cm³/mol. The zero-order valence-electron chi connectivity index (χ0n) is 16.1. The number of rotatable bonds is 3. The summed E-state index contributed by atoms with van der Waals surface area (Å²) in [7, 11) is 2.01. The topological polar surface area (TPSA) is 49.6 Å². The maximum absolute atomic E-state index is 13.3. The van der Waals surface area contributed by atoms with Gasteiger partial charge in [0, 0.05) is 31.1 Å². The molecule has 2 atom stereocenters. The van der Waals surface area contributed by atoms with Crippen LogP contribution in [0.3, 0.4) is 0 Å². The summed E-state index contributed by atoms with van der Waals surface area (Å²) in [6, 6.07) is 21.4. The summed E-state index contributed by atoms with van der Waals surface area (Å²) < 4.78 is 0. The number of likely N-dealkylation sites (N-methyl/N-ethyl adjacent to an activating group) is 1. The molecule has 2 N–H and O–H groups in total. The molecule has 2 heterocycles. The Morgan fingerprint density at radius 1 is 1.04 bits per heavy atom. The quantitative estimate of drug-likeness (QED) is 0.912. The number of benzene rings is 2. The van der Waals surface area contributed by atoms with Crippen LogP contribution in [0.15, 0.2) is 60.7 Å². The molecule has 0 aromatic heterocycles. The molecule has 4 rings (SSSR count). The summed E-state index contributed by atoms with van der Waals surface area (Å²) in [5, 5.41) is 0. The average Bonchev–Trinajstić information content (AvgIpc) is 3.06. The minimum absolute atomic E-state index is 0.0812. The van der Waals surface area contributed by atoms with Crippen LogP contribution in [0.2, 0.25) is 0 Å². The molecular weight excluding hydrogens is 334 g/mol. The first-order valence-corrected chi connectivity index (χ1v) is 9.96. The van der Waals surface area contributed by atoms with E-state index in [9.17, 15) is 4.79 Å². The van der Waals surface area contributed by atoms with E-state index in [2.05, 4.69) is 70.5 Å². The lowest BCUT2D eigenvalue weighted by Crippen LogP contribution is -2.53. The first-order valence-electron chi connectivity index (χ1n) is 9.96. The van der Waals surface area contributed by atoms with Crippen LogP contribution in [-0.4, -0.2) is 54.5 Å². The Kier molecular flexibility index (Phi) is 5.02. The third-order valence-corrected chi connectivity index (χ3v) is 6.32. The number of hydrogen-bond acceptors (Lipinski definition) is 3. The van der Waals surface area contributed by atoms with Crippen molar-refractivity contribution in [1.29, 1.82) is 0 Å². The molecule has 4 heteroatoms. The first kappa shape index (κ1) is 18.2. The Labute approximate surface area is 162 Å². The second-order valence-electron chi connectivity index (χ2n) is 8.13. The molecule has 1 amide bonds. The molecule has 0 spiro atoms. The minimum atomic E-state index is -0.143. The largest absolute Gasteiger partial charge is 0.340 e. The van der Waals surface area contributed by atoms with E-state index in [1.165, 1.54) is 11.1 Å². The normalized spacial score (nSPS) is 25.5. The van der Waals surface area contributed by atoms with Crippen molar-refractivity contribution in [3.05, 3.63) is 71.8 Å².